The van der Waals surface area contributed by atoms with Crippen molar-refractivity contribution < 1.29 is 14.5 Å². The predicted octanol–water partition coefficient (Wildman–Crippen LogP) is 4.21. The van der Waals surface area contributed by atoms with Gasteiger partial charge in [-0.05, 0) is 6.07 Å². The van der Waals surface area contributed by atoms with E-state index in [0.29, 0.717) is 42.8 Å². The molecule has 2 aromatic carbocycles. The van der Waals surface area contributed by atoms with E-state index < -0.39 is 10.8 Å². The van der Waals surface area contributed by atoms with Crippen molar-refractivity contribution in [2.24, 2.45) is 7.05 Å². The number of rotatable bonds is 6. The lowest BCUT2D eigenvalue weighted by atomic mass is 10.1. The van der Waals surface area contributed by atoms with Gasteiger partial charge in [-0.15, -0.1) is 0 Å². The molecule has 1 fully saturated rings. The number of amides is 1. The molecule has 0 radical (unpaired) electrons. The summed E-state index contributed by atoms with van der Waals surface area (Å²) in [4.78, 5) is 36.3. The number of benzene rings is 2. The molecule has 3 heterocycles. The highest BCUT2D eigenvalue weighted by Crippen LogP contribution is 2.38. The maximum Gasteiger partial charge on any atom is 0.270 e. The van der Waals surface area contributed by atoms with Crippen LogP contribution in [0.25, 0.3) is 22.0 Å². The second-order valence-corrected chi connectivity index (χ2v) is 8.94. The van der Waals surface area contributed by atoms with Crippen LogP contribution in [-0.4, -0.2) is 51.7 Å². The van der Waals surface area contributed by atoms with Crippen LogP contribution in [0.1, 0.15) is 10.4 Å². The van der Waals surface area contributed by atoms with E-state index in [9.17, 15) is 14.9 Å². The molecule has 1 amide bonds. The topological polar surface area (TPSA) is 115 Å². The number of thiazole rings is 1. The Kier molecular flexibility index (Phi) is 6.25. The van der Waals surface area contributed by atoms with Crippen LogP contribution in [0.15, 0.2) is 60.9 Å². The van der Waals surface area contributed by atoms with Gasteiger partial charge < -0.3 is 14.2 Å². The number of nitro groups is 1. The number of ether oxygens (including phenoxy) is 1. The number of hydrogen-bond donors (Lipinski definition) is 1. The van der Waals surface area contributed by atoms with Crippen LogP contribution in [0.3, 0.4) is 0 Å². The number of nitro benzene ring substituents is 1. The number of carbonyl (C=O) groups excluding carboxylic acids is 1. The van der Waals surface area contributed by atoms with Crippen LogP contribution >= 0.6 is 11.3 Å². The fraction of sp³-hybridized carbons (Fsp3) is 0.208. The maximum absolute atomic E-state index is 13.4. The van der Waals surface area contributed by atoms with E-state index in [4.69, 9.17) is 9.72 Å². The molecule has 0 spiro atoms. The molecule has 35 heavy (non-hydrogen) atoms. The molecule has 0 atom stereocenters. The lowest BCUT2D eigenvalue weighted by Crippen LogP contribution is -2.37. The van der Waals surface area contributed by atoms with E-state index in [2.05, 4.69) is 10.3 Å². The number of non-ortho nitro benzene ring substituents is 1. The number of carbonyl (C=O) groups is 1. The molecule has 0 saturated carbocycles. The molecule has 1 aliphatic rings. The molecule has 178 valence electrons. The smallest absolute Gasteiger partial charge is 0.270 e. The van der Waals surface area contributed by atoms with Gasteiger partial charge in [0.2, 0.25) is 0 Å². The number of nitrogens with zero attached hydrogens (tertiary/aromatic N) is 5. The molecular formula is C24H22N6O4S. The van der Waals surface area contributed by atoms with Crippen LogP contribution in [0.4, 0.5) is 16.5 Å². The van der Waals surface area contributed by atoms with Gasteiger partial charge in [-0.3, -0.25) is 20.2 Å². The second kappa shape index (κ2) is 9.65. The highest BCUT2D eigenvalue weighted by molar-refractivity contribution is 7.19. The Balaban J connectivity index is 1.53. The first kappa shape index (κ1) is 22.7. The summed E-state index contributed by atoms with van der Waals surface area (Å²) in [6.45, 7) is 2.24. The zero-order chi connectivity index (χ0) is 24.4. The molecule has 11 heteroatoms. The normalized spacial score (nSPS) is 13.6. The lowest BCUT2D eigenvalue weighted by Gasteiger charge is -2.30. The average Bonchev–Trinajstić information content (AvgIpc) is 3.50. The van der Waals surface area contributed by atoms with E-state index in [1.54, 1.807) is 12.3 Å². The van der Waals surface area contributed by atoms with Gasteiger partial charge in [0.15, 0.2) is 11.0 Å². The third kappa shape index (κ3) is 4.63. The second-order valence-electron chi connectivity index (χ2n) is 7.94. The third-order valence-electron chi connectivity index (χ3n) is 5.71. The summed E-state index contributed by atoms with van der Waals surface area (Å²) in [6.07, 6.45) is 3.56. The number of anilines is 2. The Morgan fingerprint density at radius 3 is 2.63 bits per heavy atom. The molecular weight excluding hydrogens is 468 g/mol. The highest BCUT2D eigenvalue weighted by atomic mass is 32.1. The van der Waals surface area contributed by atoms with E-state index in [0.717, 1.165) is 16.3 Å². The molecule has 0 bridgehead atoms. The summed E-state index contributed by atoms with van der Waals surface area (Å²) in [5.41, 5.74) is 2.29. The first-order chi connectivity index (χ1) is 17.0. The SMILES string of the molecule is Cn1ccnc1-c1sc(NC(=O)c2cc([N+](=O)[O-])ccc2N2CCOCC2)nc1-c1ccccc1. The van der Waals surface area contributed by atoms with Gasteiger partial charge in [0.1, 0.15) is 0 Å². The van der Waals surface area contributed by atoms with Crippen molar-refractivity contribution in [2.45, 2.75) is 0 Å². The highest BCUT2D eigenvalue weighted by Gasteiger charge is 2.24. The lowest BCUT2D eigenvalue weighted by molar-refractivity contribution is -0.384. The summed E-state index contributed by atoms with van der Waals surface area (Å²) in [5.74, 6) is 0.265. The summed E-state index contributed by atoms with van der Waals surface area (Å²) in [5, 5.41) is 14.7. The van der Waals surface area contributed by atoms with Gasteiger partial charge in [0.05, 0.1) is 40.0 Å². The van der Waals surface area contributed by atoms with Crippen molar-refractivity contribution >= 4 is 33.8 Å². The number of nitrogens with one attached hydrogen (secondary N) is 1. The molecule has 5 rings (SSSR count). The Hall–Kier alpha value is -4.09. The predicted molar refractivity (Wildman–Crippen MR) is 134 cm³/mol. The van der Waals surface area contributed by atoms with Gasteiger partial charge in [-0.2, -0.15) is 0 Å². The molecule has 1 saturated heterocycles. The number of hydrogen-bond acceptors (Lipinski definition) is 8. The number of morpholine rings is 1. The van der Waals surface area contributed by atoms with Crippen molar-refractivity contribution in [3.63, 3.8) is 0 Å². The number of imidazole rings is 1. The monoisotopic (exact) mass is 490 g/mol. The summed E-state index contributed by atoms with van der Waals surface area (Å²) >= 11 is 1.31. The van der Waals surface area contributed by atoms with Gasteiger partial charge in [0, 0.05) is 50.2 Å². The standard InChI is InChI=1S/C24H22N6O4S/c1-28-10-9-25-22(28)21-20(16-5-3-2-4-6-16)26-24(35-21)27-23(31)18-15-17(30(32)33)7-8-19(18)29-11-13-34-14-12-29/h2-10,15H,11-14H2,1H3,(H,26,27,31). The Morgan fingerprint density at radius 1 is 1.17 bits per heavy atom. The van der Waals surface area contributed by atoms with Crippen molar-refractivity contribution in [3.05, 3.63) is 76.6 Å². The maximum atomic E-state index is 13.4. The van der Waals surface area contributed by atoms with Crippen LogP contribution in [0.2, 0.25) is 0 Å². The number of aryl methyl sites for hydroxylation is 1. The first-order valence-corrected chi connectivity index (χ1v) is 11.8. The Labute approximate surface area is 205 Å². The zero-order valence-corrected chi connectivity index (χ0v) is 19.7. The average molecular weight is 491 g/mol. The van der Waals surface area contributed by atoms with E-state index >= 15 is 0 Å². The fourth-order valence-electron chi connectivity index (χ4n) is 3.97. The first-order valence-electron chi connectivity index (χ1n) is 11.0. The third-order valence-corrected chi connectivity index (χ3v) is 6.67. The fourth-order valence-corrected chi connectivity index (χ4v) is 4.99. The van der Waals surface area contributed by atoms with Gasteiger partial charge >= 0.3 is 0 Å². The van der Waals surface area contributed by atoms with E-state index in [-0.39, 0.29) is 11.3 Å². The molecule has 4 aromatic rings. The van der Waals surface area contributed by atoms with E-state index in [1.165, 1.54) is 23.5 Å². The summed E-state index contributed by atoms with van der Waals surface area (Å²) in [7, 11) is 1.90. The quantitative estimate of drug-likeness (QED) is 0.318. The van der Waals surface area contributed by atoms with Crippen LogP contribution < -0.4 is 10.2 Å². The van der Waals surface area contributed by atoms with Crippen LogP contribution in [0, 0.1) is 10.1 Å². The van der Waals surface area contributed by atoms with Crippen molar-refractivity contribution in [2.75, 3.05) is 36.5 Å². The largest absolute Gasteiger partial charge is 0.378 e. The van der Waals surface area contributed by atoms with Crippen LogP contribution in [-0.2, 0) is 11.8 Å². The Morgan fingerprint density at radius 2 is 1.94 bits per heavy atom. The molecule has 1 aliphatic heterocycles. The Bertz CT molecular complexity index is 1380. The molecule has 1 N–H and O–H groups in total. The van der Waals surface area contributed by atoms with Crippen molar-refractivity contribution in [1.82, 2.24) is 14.5 Å². The van der Waals surface area contributed by atoms with Crippen molar-refractivity contribution in [3.8, 4) is 22.0 Å². The van der Waals surface area contributed by atoms with Gasteiger partial charge in [-0.1, -0.05) is 41.7 Å². The summed E-state index contributed by atoms with van der Waals surface area (Å²) < 4.78 is 7.31. The summed E-state index contributed by atoms with van der Waals surface area (Å²) in [6, 6.07) is 14.0. The minimum absolute atomic E-state index is 0.148. The van der Waals surface area contributed by atoms with E-state index in [1.807, 2.05) is 53.0 Å². The molecule has 0 unspecified atom stereocenters. The van der Waals surface area contributed by atoms with Crippen molar-refractivity contribution in [1.29, 1.82) is 0 Å². The van der Waals surface area contributed by atoms with Crippen LogP contribution in [0.5, 0.6) is 0 Å². The van der Waals surface area contributed by atoms with Gasteiger partial charge in [0.25, 0.3) is 11.6 Å². The molecule has 2 aromatic heterocycles. The number of aromatic nitrogens is 3. The molecule has 0 aliphatic carbocycles. The minimum atomic E-state index is -0.504. The minimum Gasteiger partial charge on any atom is -0.378 e. The molecule has 10 nitrogen and oxygen atoms in total. The van der Waals surface area contributed by atoms with Gasteiger partial charge in [-0.25, -0.2) is 9.97 Å². The zero-order valence-electron chi connectivity index (χ0n) is 18.9.